The highest BCUT2D eigenvalue weighted by atomic mass is 35.5. The van der Waals surface area contributed by atoms with Crippen LogP contribution in [0.3, 0.4) is 0 Å². The molecule has 0 fully saturated rings. The quantitative estimate of drug-likeness (QED) is 0.487. The van der Waals surface area contributed by atoms with Gasteiger partial charge in [-0.25, -0.2) is 4.68 Å². The van der Waals surface area contributed by atoms with Gasteiger partial charge in [0.2, 0.25) is 0 Å². The molecule has 4 aromatic rings. The van der Waals surface area contributed by atoms with E-state index >= 15 is 0 Å². The van der Waals surface area contributed by atoms with Gasteiger partial charge in [-0.05, 0) is 53.3 Å². The lowest BCUT2D eigenvalue weighted by molar-refractivity contribution is 0.642. The van der Waals surface area contributed by atoms with Crippen molar-refractivity contribution in [1.29, 1.82) is 0 Å². The third kappa shape index (κ3) is 3.84. The van der Waals surface area contributed by atoms with Crippen LogP contribution in [0, 0.1) is 6.92 Å². The van der Waals surface area contributed by atoms with Gasteiger partial charge in [0.1, 0.15) is 5.69 Å². The van der Waals surface area contributed by atoms with Gasteiger partial charge in [0.25, 0.3) is 5.56 Å². The predicted octanol–water partition coefficient (Wildman–Crippen LogP) is 5.04. The number of halogens is 1. The summed E-state index contributed by atoms with van der Waals surface area (Å²) in [4.78, 5) is 17.9. The minimum Gasteiger partial charge on any atom is -0.268 e. The molecule has 0 spiro atoms. The summed E-state index contributed by atoms with van der Waals surface area (Å²) in [7, 11) is 0. The van der Waals surface area contributed by atoms with E-state index in [-0.39, 0.29) is 5.56 Å². The van der Waals surface area contributed by atoms with Crippen LogP contribution in [-0.4, -0.2) is 14.8 Å². The van der Waals surface area contributed by atoms with Crippen molar-refractivity contribution < 1.29 is 0 Å². The average molecular weight is 394 g/mol. The zero-order chi connectivity index (χ0) is 18.8. The standard InChI is InChI=1S/C21H16ClN3OS/c1-14-9-19(27-13-14)21-18(16-4-6-17(22)7-5-16)10-20(26)25(24-21)12-15-3-2-8-23-11-15/h2-11,13H,12H2,1H3. The van der Waals surface area contributed by atoms with E-state index < -0.39 is 0 Å². The largest absolute Gasteiger partial charge is 0.268 e. The van der Waals surface area contributed by atoms with E-state index in [9.17, 15) is 4.79 Å². The van der Waals surface area contributed by atoms with Gasteiger partial charge in [-0.2, -0.15) is 5.10 Å². The Hall–Kier alpha value is -2.76. The van der Waals surface area contributed by atoms with Gasteiger partial charge in [0.15, 0.2) is 0 Å². The van der Waals surface area contributed by atoms with E-state index in [0.717, 1.165) is 27.3 Å². The Morgan fingerprint density at radius 1 is 1.15 bits per heavy atom. The van der Waals surface area contributed by atoms with E-state index in [1.165, 1.54) is 10.2 Å². The molecule has 0 amide bonds. The maximum absolute atomic E-state index is 12.7. The van der Waals surface area contributed by atoms with Crippen LogP contribution < -0.4 is 5.56 Å². The first kappa shape index (κ1) is 17.6. The highest BCUT2D eigenvalue weighted by Gasteiger charge is 2.15. The lowest BCUT2D eigenvalue weighted by Crippen LogP contribution is -2.23. The van der Waals surface area contributed by atoms with Crippen LogP contribution in [0.5, 0.6) is 0 Å². The summed E-state index contributed by atoms with van der Waals surface area (Å²) in [5.74, 6) is 0. The Labute approximate surface area is 165 Å². The summed E-state index contributed by atoms with van der Waals surface area (Å²) in [6, 6.07) is 15.0. The molecule has 0 bridgehead atoms. The van der Waals surface area contributed by atoms with Crippen molar-refractivity contribution in [2.45, 2.75) is 13.5 Å². The van der Waals surface area contributed by atoms with Crippen LogP contribution in [0.4, 0.5) is 0 Å². The first-order chi connectivity index (χ1) is 13.1. The zero-order valence-electron chi connectivity index (χ0n) is 14.6. The molecule has 0 aliphatic rings. The number of rotatable bonds is 4. The molecule has 3 heterocycles. The van der Waals surface area contributed by atoms with Crippen molar-refractivity contribution in [3.05, 3.63) is 92.8 Å². The van der Waals surface area contributed by atoms with Crippen LogP contribution in [-0.2, 0) is 6.54 Å². The molecule has 0 aliphatic heterocycles. The van der Waals surface area contributed by atoms with Crippen LogP contribution in [0.2, 0.25) is 5.02 Å². The summed E-state index contributed by atoms with van der Waals surface area (Å²) < 4.78 is 1.49. The fourth-order valence-electron chi connectivity index (χ4n) is 2.86. The zero-order valence-corrected chi connectivity index (χ0v) is 16.2. The van der Waals surface area contributed by atoms with Crippen molar-refractivity contribution in [3.63, 3.8) is 0 Å². The first-order valence-electron chi connectivity index (χ1n) is 8.43. The van der Waals surface area contributed by atoms with E-state index in [2.05, 4.69) is 16.4 Å². The summed E-state index contributed by atoms with van der Waals surface area (Å²) in [5, 5.41) is 7.44. The summed E-state index contributed by atoms with van der Waals surface area (Å²) in [5.41, 5.74) is 4.46. The second-order valence-electron chi connectivity index (χ2n) is 6.26. The molecular weight excluding hydrogens is 378 g/mol. The van der Waals surface area contributed by atoms with Gasteiger partial charge in [-0.15, -0.1) is 11.3 Å². The van der Waals surface area contributed by atoms with Crippen LogP contribution >= 0.6 is 22.9 Å². The topological polar surface area (TPSA) is 47.8 Å². The van der Waals surface area contributed by atoms with E-state index in [4.69, 9.17) is 16.7 Å². The second kappa shape index (κ2) is 7.47. The monoisotopic (exact) mass is 393 g/mol. The number of benzene rings is 1. The van der Waals surface area contributed by atoms with Gasteiger partial charge < -0.3 is 0 Å². The molecule has 3 aromatic heterocycles. The van der Waals surface area contributed by atoms with Crippen molar-refractivity contribution in [3.8, 4) is 21.7 Å². The fourth-order valence-corrected chi connectivity index (χ4v) is 3.88. The van der Waals surface area contributed by atoms with Crippen molar-refractivity contribution in [1.82, 2.24) is 14.8 Å². The number of aryl methyl sites for hydroxylation is 1. The van der Waals surface area contributed by atoms with Crippen LogP contribution in [0.1, 0.15) is 11.1 Å². The number of nitrogens with zero attached hydrogens (tertiary/aromatic N) is 3. The molecule has 0 radical (unpaired) electrons. The summed E-state index contributed by atoms with van der Waals surface area (Å²) in [6.07, 6.45) is 3.46. The molecular formula is C21H16ClN3OS. The number of pyridine rings is 1. The molecule has 4 nitrogen and oxygen atoms in total. The lowest BCUT2D eigenvalue weighted by atomic mass is 10.0. The molecule has 1 aromatic carbocycles. The number of aromatic nitrogens is 3. The highest BCUT2D eigenvalue weighted by molar-refractivity contribution is 7.13. The van der Waals surface area contributed by atoms with Crippen molar-refractivity contribution in [2.75, 3.05) is 0 Å². The van der Waals surface area contributed by atoms with Crippen LogP contribution in [0.25, 0.3) is 21.7 Å². The van der Waals surface area contributed by atoms with E-state index in [1.807, 2.05) is 43.3 Å². The highest BCUT2D eigenvalue weighted by Crippen LogP contribution is 2.33. The molecule has 0 aliphatic carbocycles. The summed E-state index contributed by atoms with van der Waals surface area (Å²) >= 11 is 7.64. The molecule has 4 rings (SSSR count). The summed E-state index contributed by atoms with van der Waals surface area (Å²) in [6.45, 7) is 2.43. The fraction of sp³-hybridized carbons (Fsp3) is 0.0952. The third-order valence-corrected chi connectivity index (χ3v) is 5.48. The van der Waals surface area contributed by atoms with Crippen molar-refractivity contribution >= 4 is 22.9 Å². The molecule has 27 heavy (non-hydrogen) atoms. The molecule has 0 unspecified atom stereocenters. The average Bonchev–Trinajstić information content (AvgIpc) is 3.11. The molecule has 0 N–H and O–H groups in total. The Bertz CT molecular complexity index is 1130. The number of hydrogen-bond acceptors (Lipinski definition) is 4. The Kier molecular flexibility index (Phi) is 4.88. The van der Waals surface area contributed by atoms with Gasteiger partial charge in [-0.3, -0.25) is 9.78 Å². The molecule has 0 saturated heterocycles. The third-order valence-electron chi connectivity index (χ3n) is 4.17. The Morgan fingerprint density at radius 2 is 1.96 bits per heavy atom. The molecule has 0 atom stereocenters. The van der Waals surface area contributed by atoms with Gasteiger partial charge in [0.05, 0.1) is 11.4 Å². The molecule has 0 saturated carbocycles. The van der Waals surface area contributed by atoms with Crippen LogP contribution in [0.15, 0.2) is 71.1 Å². The predicted molar refractivity (Wildman–Crippen MR) is 110 cm³/mol. The van der Waals surface area contributed by atoms with Gasteiger partial charge in [0, 0.05) is 29.0 Å². The second-order valence-corrected chi connectivity index (χ2v) is 7.61. The molecule has 6 heteroatoms. The van der Waals surface area contributed by atoms with E-state index in [1.54, 1.807) is 29.8 Å². The van der Waals surface area contributed by atoms with Gasteiger partial charge >= 0.3 is 0 Å². The SMILES string of the molecule is Cc1csc(-c2nn(Cc3cccnc3)c(=O)cc2-c2ccc(Cl)cc2)c1. The lowest BCUT2D eigenvalue weighted by Gasteiger charge is -2.12. The van der Waals surface area contributed by atoms with E-state index in [0.29, 0.717) is 11.6 Å². The Morgan fingerprint density at radius 3 is 2.63 bits per heavy atom. The maximum Gasteiger partial charge on any atom is 0.267 e. The van der Waals surface area contributed by atoms with Gasteiger partial charge in [-0.1, -0.05) is 29.8 Å². The minimum absolute atomic E-state index is 0.152. The normalized spacial score (nSPS) is 10.9. The van der Waals surface area contributed by atoms with Crippen molar-refractivity contribution in [2.24, 2.45) is 0 Å². The number of hydrogen-bond donors (Lipinski definition) is 0. The maximum atomic E-state index is 12.7. The molecule has 134 valence electrons. The smallest absolute Gasteiger partial charge is 0.267 e. The minimum atomic E-state index is -0.152. The first-order valence-corrected chi connectivity index (χ1v) is 9.68. The Balaban J connectivity index is 1.87. The number of thiophene rings is 1.